The number of halogens is 1. The van der Waals surface area contributed by atoms with E-state index in [2.05, 4.69) is 25.9 Å². The molecule has 2 atom stereocenters. The van der Waals surface area contributed by atoms with E-state index in [1.807, 2.05) is 14.0 Å². The highest BCUT2D eigenvalue weighted by molar-refractivity contribution is 6.02. The second-order valence-electron chi connectivity index (χ2n) is 6.69. The number of nitrogens with one attached hydrogen (secondary N) is 3. The van der Waals surface area contributed by atoms with Crippen molar-refractivity contribution in [2.45, 2.75) is 32.6 Å². The van der Waals surface area contributed by atoms with Crippen LogP contribution in [-0.2, 0) is 11.8 Å². The summed E-state index contributed by atoms with van der Waals surface area (Å²) in [6.07, 6.45) is 4.48. The third-order valence-corrected chi connectivity index (χ3v) is 5.44. The highest BCUT2D eigenvalue weighted by atomic mass is 35.5. The van der Waals surface area contributed by atoms with E-state index in [4.69, 9.17) is 0 Å². The van der Waals surface area contributed by atoms with Gasteiger partial charge in [-0.15, -0.1) is 12.4 Å². The summed E-state index contributed by atoms with van der Waals surface area (Å²) in [5, 5.41) is 19.0. The average Bonchev–Trinajstić information content (AvgIpc) is 3.17. The molecule has 1 saturated carbocycles. The predicted molar refractivity (Wildman–Crippen MR) is 90.7 cm³/mol. The molecule has 0 radical (unpaired) electrons. The fourth-order valence-corrected chi connectivity index (χ4v) is 4.25. The van der Waals surface area contributed by atoms with Gasteiger partial charge in [0.05, 0.1) is 16.5 Å². The Hall–Kier alpha value is -1.60. The summed E-state index contributed by atoms with van der Waals surface area (Å²) in [6, 6.07) is 0. The molecule has 23 heavy (non-hydrogen) atoms. The quantitative estimate of drug-likeness (QED) is 0.778. The normalized spacial score (nSPS) is 26.8. The molecule has 0 spiro atoms. The lowest BCUT2D eigenvalue weighted by Gasteiger charge is -2.36. The Kier molecular flexibility index (Phi) is 4.10. The number of anilines is 1. The number of fused-ring (bicyclic) bond motifs is 2. The second kappa shape index (κ2) is 5.79. The molecule has 126 valence electrons. The molecule has 4 rings (SSSR count). The van der Waals surface area contributed by atoms with Gasteiger partial charge in [0, 0.05) is 13.6 Å². The Balaban J connectivity index is 0.00000156. The largest absolute Gasteiger partial charge is 0.315 e. The van der Waals surface area contributed by atoms with Crippen LogP contribution in [0.4, 0.5) is 5.82 Å². The summed E-state index contributed by atoms with van der Waals surface area (Å²) in [6.45, 7) is 3.68. The fraction of sp³-hybridized carbons (Fsp3) is 0.667. The zero-order chi connectivity index (χ0) is 15.3. The Labute approximate surface area is 141 Å². The number of carbonyl (C=O) groups excluding carboxylic acids is 1. The highest BCUT2D eigenvalue weighted by Crippen LogP contribution is 2.44. The van der Waals surface area contributed by atoms with Crippen LogP contribution in [0.3, 0.4) is 0 Å². The van der Waals surface area contributed by atoms with Crippen LogP contribution in [0.5, 0.6) is 0 Å². The Morgan fingerprint density at radius 3 is 3.09 bits per heavy atom. The minimum Gasteiger partial charge on any atom is -0.315 e. The number of rotatable bonds is 2. The van der Waals surface area contributed by atoms with Crippen molar-refractivity contribution in [2.75, 3.05) is 18.4 Å². The molecular formula is C15H23ClN6O. The van der Waals surface area contributed by atoms with Gasteiger partial charge in [0.15, 0.2) is 5.65 Å². The number of aromatic nitrogens is 4. The maximum Gasteiger partial charge on any atom is 0.233 e. The summed E-state index contributed by atoms with van der Waals surface area (Å²) >= 11 is 0. The number of aromatic amines is 1. The van der Waals surface area contributed by atoms with Gasteiger partial charge < -0.3 is 10.6 Å². The average molecular weight is 339 g/mol. The van der Waals surface area contributed by atoms with Gasteiger partial charge in [-0.25, -0.2) is 4.68 Å². The molecule has 1 aliphatic carbocycles. The maximum absolute atomic E-state index is 13.0. The van der Waals surface area contributed by atoms with Gasteiger partial charge in [-0.05, 0) is 32.2 Å². The molecule has 2 aromatic rings. The molecule has 3 N–H and O–H groups in total. The van der Waals surface area contributed by atoms with E-state index in [-0.39, 0.29) is 23.7 Å². The first-order chi connectivity index (χ1) is 10.6. The maximum atomic E-state index is 13.0. The van der Waals surface area contributed by atoms with E-state index >= 15 is 0 Å². The molecule has 0 aromatic carbocycles. The first-order valence-corrected chi connectivity index (χ1v) is 8.02. The molecule has 0 bridgehead atoms. The van der Waals surface area contributed by atoms with Gasteiger partial charge in [0.1, 0.15) is 5.82 Å². The molecule has 2 aromatic heterocycles. The van der Waals surface area contributed by atoms with Crippen molar-refractivity contribution in [2.24, 2.45) is 18.4 Å². The van der Waals surface area contributed by atoms with Crippen molar-refractivity contribution in [3.63, 3.8) is 0 Å². The van der Waals surface area contributed by atoms with Crippen LogP contribution in [0.25, 0.3) is 11.0 Å². The van der Waals surface area contributed by atoms with Crippen LogP contribution >= 0.6 is 12.4 Å². The minimum absolute atomic E-state index is 0. The van der Waals surface area contributed by atoms with E-state index in [9.17, 15) is 4.79 Å². The molecule has 8 heteroatoms. The van der Waals surface area contributed by atoms with Crippen molar-refractivity contribution >= 4 is 35.2 Å². The number of aryl methyl sites for hydroxylation is 2. The van der Waals surface area contributed by atoms with Gasteiger partial charge >= 0.3 is 0 Å². The molecule has 3 heterocycles. The summed E-state index contributed by atoms with van der Waals surface area (Å²) in [5.74, 6) is 1.25. The number of amides is 1. The monoisotopic (exact) mass is 338 g/mol. The topological polar surface area (TPSA) is 87.6 Å². The van der Waals surface area contributed by atoms with Crippen molar-refractivity contribution in [3.05, 3.63) is 5.69 Å². The van der Waals surface area contributed by atoms with E-state index in [1.54, 1.807) is 4.68 Å². The Morgan fingerprint density at radius 1 is 1.43 bits per heavy atom. The molecule has 2 fully saturated rings. The minimum atomic E-state index is -0.258. The zero-order valence-corrected chi connectivity index (χ0v) is 14.3. The summed E-state index contributed by atoms with van der Waals surface area (Å²) in [7, 11) is 1.86. The highest BCUT2D eigenvalue weighted by Gasteiger charge is 2.50. The number of H-pyrrole nitrogens is 1. The van der Waals surface area contributed by atoms with Crippen molar-refractivity contribution in [1.29, 1.82) is 0 Å². The van der Waals surface area contributed by atoms with Crippen molar-refractivity contribution < 1.29 is 4.79 Å². The Morgan fingerprint density at radius 2 is 2.26 bits per heavy atom. The van der Waals surface area contributed by atoms with E-state index in [1.165, 1.54) is 6.42 Å². The zero-order valence-electron chi connectivity index (χ0n) is 13.5. The second-order valence-corrected chi connectivity index (χ2v) is 6.69. The van der Waals surface area contributed by atoms with Crippen molar-refractivity contribution in [3.8, 4) is 0 Å². The SMILES string of the molecule is Cc1nn(C)c2n[nH]c(NC(=O)[C@@]34CCCC[C@H]3CNC4)c12.Cl. The molecule has 2 aliphatic rings. The standard InChI is InChI=1S/C15H22N6O.ClH/c1-9-11-12(18-19-13(11)21(2)20-9)17-14(22)15-6-4-3-5-10(15)7-16-8-15;/h10,16H,3-8H2,1-2H3,(H2,17,18,19,22);1H/t10-,15+;/m0./s1. The van der Waals surface area contributed by atoms with E-state index in [0.29, 0.717) is 11.7 Å². The number of hydrogen-bond acceptors (Lipinski definition) is 4. The lowest BCUT2D eigenvalue weighted by Crippen LogP contribution is -2.44. The van der Waals surface area contributed by atoms with Crippen LogP contribution in [-0.4, -0.2) is 39.0 Å². The first-order valence-electron chi connectivity index (χ1n) is 8.02. The van der Waals surface area contributed by atoms with Gasteiger partial charge in [-0.1, -0.05) is 12.8 Å². The third kappa shape index (κ3) is 2.33. The smallest absolute Gasteiger partial charge is 0.233 e. The molecular weight excluding hydrogens is 316 g/mol. The van der Waals surface area contributed by atoms with Crippen LogP contribution in [0.1, 0.15) is 31.4 Å². The summed E-state index contributed by atoms with van der Waals surface area (Å²) in [5.41, 5.74) is 1.39. The molecule has 0 unspecified atom stereocenters. The van der Waals surface area contributed by atoms with E-state index in [0.717, 1.165) is 49.1 Å². The fourth-order valence-electron chi connectivity index (χ4n) is 4.25. The number of hydrogen-bond donors (Lipinski definition) is 3. The number of nitrogens with zero attached hydrogens (tertiary/aromatic N) is 3. The van der Waals surface area contributed by atoms with Gasteiger partial charge in [0.2, 0.25) is 5.91 Å². The third-order valence-electron chi connectivity index (χ3n) is 5.44. The van der Waals surface area contributed by atoms with E-state index < -0.39 is 0 Å². The molecule has 1 saturated heterocycles. The van der Waals surface area contributed by atoms with Crippen molar-refractivity contribution in [1.82, 2.24) is 25.3 Å². The number of carbonyl (C=O) groups is 1. The van der Waals surface area contributed by atoms with Gasteiger partial charge in [0.25, 0.3) is 0 Å². The summed E-state index contributed by atoms with van der Waals surface area (Å²) < 4.78 is 1.73. The van der Waals surface area contributed by atoms with Crippen LogP contribution < -0.4 is 10.6 Å². The lowest BCUT2D eigenvalue weighted by atomic mass is 9.67. The van der Waals surface area contributed by atoms with Gasteiger partial charge in [-0.2, -0.15) is 10.2 Å². The molecule has 7 nitrogen and oxygen atoms in total. The van der Waals surface area contributed by atoms with Crippen LogP contribution in [0.15, 0.2) is 0 Å². The van der Waals surface area contributed by atoms with Crippen LogP contribution in [0, 0.1) is 18.3 Å². The molecule has 1 amide bonds. The summed E-state index contributed by atoms with van der Waals surface area (Å²) in [4.78, 5) is 13.0. The first kappa shape index (κ1) is 16.3. The molecule has 1 aliphatic heterocycles. The predicted octanol–water partition coefficient (Wildman–Crippen LogP) is 1.74. The Bertz CT molecular complexity index is 738. The lowest BCUT2D eigenvalue weighted by molar-refractivity contribution is -0.128. The van der Waals surface area contributed by atoms with Gasteiger partial charge in [-0.3, -0.25) is 9.89 Å². The van der Waals surface area contributed by atoms with Crippen LogP contribution in [0.2, 0.25) is 0 Å².